The van der Waals surface area contributed by atoms with Crippen LogP contribution >= 0.6 is 0 Å². The van der Waals surface area contributed by atoms with Gasteiger partial charge in [0.15, 0.2) is 0 Å². The van der Waals surface area contributed by atoms with Gasteiger partial charge < -0.3 is 0 Å². The van der Waals surface area contributed by atoms with Gasteiger partial charge in [0.05, 0.1) is 11.6 Å². The lowest BCUT2D eigenvalue weighted by Crippen LogP contribution is -2.18. The van der Waals surface area contributed by atoms with Gasteiger partial charge >= 0.3 is 0 Å². The molecule has 1 nitrogen and oxygen atoms in total. The van der Waals surface area contributed by atoms with E-state index in [1.54, 1.807) is 0 Å². The van der Waals surface area contributed by atoms with Crippen molar-refractivity contribution >= 4 is 0 Å². The Morgan fingerprint density at radius 2 is 1.32 bits per heavy atom. The summed E-state index contributed by atoms with van der Waals surface area (Å²) in [5.41, 5.74) is 5.51. The third-order valence-corrected chi connectivity index (χ3v) is 3.98. The van der Waals surface area contributed by atoms with Gasteiger partial charge in [-0.25, -0.2) is 0 Å². The van der Waals surface area contributed by atoms with E-state index in [-0.39, 0.29) is 10.8 Å². The van der Waals surface area contributed by atoms with Crippen molar-refractivity contribution in [2.75, 3.05) is 0 Å². The van der Waals surface area contributed by atoms with E-state index in [0.717, 1.165) is 11.1 Å². The van der Waals surface area contributed by atoms with Crippen molar-refractivity contribution in [3.05, 3.63) is 59.2 Å². The second-order valence-electron chi connectivity index (χ2n) is 7.92. The molecule has 1 heteroatoms. The van der Waals surface area contributed by atoms with Gasteiger partial charge in [-0.2, -0.15) is 5.26 Å². The molecule has 2 rings (SSSR count). The minimum atomic E-state index is -0.0506. The number of hydrogen-bond donors (Lipinski definition) is 0. The maximum absolute atomic E-state index is 9.58. The van der Waals surface area contributed by atoms with Crippen molar-refractivity contribution in [1.82, 2.24) is 0 Å². The number of nitriles is 1. The second-order valence-corrected chi connectivity index (χ2v) is 7.92. The smallest absolute Gasteiger partial charge is 0.0994 e. The third-order valence-electron chi connectivity index (χ3n) is 3.98. The summed E-state index contributed by atoms with van der Waals surface area (Å²) in [7, 11) is 0. The van der Waals surface area contributed by atoms with E-state index in [1.807, 2.05) is 6.07 Å². The maximum Gasteiger partial charge on any atom is 0.0994 e. The number of benzene rings is 2. The Morgan fingerprint density at radius 1 is 0.773 bits per heavy atom. The van der Waals surface area contributed by atoms with Crippen LogP contribution in [0.5, 0.6) is 0 Å². The van der Waals surface area contributed by atoms with E-state index in [4.69, 9.17) is 0 Å². The Bertz CT molecular complexity index is 705. The van der Waals surface area contributed by atoms with Gasteiger partial charge in [0.25, 0.3) is 0 Å². The average molecular weight is 291 g/mol. The monoisotopic (exact) mass is 291 g/mol. The summed E-state index contributed by atoms with van der Waals surface area (Å²) in [6.07, 6.45) is 0. The van der Waals surface area contributed by atoms with E-state index >= 15 is 0 Å². The molecule has 0 aliphatic carbocycles. The number of rotatable bonds is 1. The van der Waals surface area contributed by atoms with Crippen molar-refractivity contribution in [2.24, 2.45) is 0 Å². The van der Waals surface area contributed by atoms with Gasteiger partial charge in [-0.15, -0.1) is 0 Å². The molecule has 0 unspecified atom stereocenters. The lowest BCUT2D eigenvalue weighted by molar-refractivity contribution is 0.577. The van der Waals surface area contributed by atoms with Crippen LogP contribution in [0.1, 0.15) is 58.2 Å². The highest BCUT2D eigenvalue weighted by Gasteiger charge is 2.25. The summed E-state index contributed by atoms with van der Waals surface area (Å²) in [4.78, 5) is 0. The summed E-state index contributed by atoms with van der Waals surface area (Å²) < 4.78 is 0. The molecular formula is C21H25N. The van der Waals surface area contributed by atoms with Gasteiger partial charge in [0.2, 0.25) is 0 Å². The fraction of sp³-hybridized carbons (Fsp3) is 0.381. The van der Waals surface area contributed by atoms with E-state index in [1.165, 1.54) is 16.7 Å². The SMILES string of the molecule is CC(C)(C)c1cc(-c2ccccc2)c(C(C)(C)C)cc1C#N. The zero-order valence-corrected chi connectivity index (χ0v) is 14.5. The average Bonchev–Trinajstić information content (AvgIpc) is 2.45. The molecule has 0 spiro atoms. The quantitative estimate of drug-likeness (QED) is 0.649. The van der Waals surface area contributed by atoms with Crippen molar-refractivity contribution in [3.8, 4) is 17.2 Å². The highest BCUT2D eigenvalue weighted by atomic mass is 14.3. The fourth-order valence-corrected chi connectivity index (χ4v) is 2.79. The van der Waals surface area contributed by atoms with Crippen LogP contribution < -0.4 is 0 Å². The maximum atomic E-state index is 9.58. The first kappa shape index (κ1) is 16.3. The molecule has 0 fully saturated rings. The van der Waals surface area contributed by atoms with Crippen LogP contribution in [0.15, 0.2) is 42.5 Å². The van der Waals surface area contributed by atoms with Gasteiger partial charge in [-0.1, -0.05) is 71.9 Å². The third kappa shape index (κ3) is 3.22. The lowest BCUT2D eigenvalue weighted by atomic mass is 9.76. The van der Waals surface area contributed by atoms with Gasteiger partial charge in [0.1, 0.15) is 0 Å². The molecule has 2 aromatic carbocycles. The molecule has 0 saturated heterocycles. The Hall–Kier alpha value is -2.07. The van der Waals surface area contributed by atoms with Crippen molar-refractivity contribution in [2.45, 2.75) is 52.4 Å². The van der Waals surface area contributed by atoms with Crippen LogP contribution in [0.4, 0.5) is 0 Å². The zero-order chi connectivity index (χ0) is 16.5. The fourth-order valence-electron chi connectivity index (χ4n) is 2.79. The molecule has 0 aliphatic heterocycles. The Kier molecular flexibility index (Phi) is 4.16. The molecule has 0 saturated carbocycles. The van der Waals surface area contributed by atoms with Crippen molar-refractivity contribution in [3.63, 3.8) is 0 Å². The predicted molar refractivity (Wildman–Crippen MR) is 94.0 cm³/mol. The van der Waals surface area contributed by atoms with Crippen molar-refractivity contribution in [1.29, 1.82) is 5.26 Å². The van der Waals surface area contributed by atoms with E-state index in [0.29, 0.717) is 0 Å². The largest absolute Gasteiger partial charge is 0.192 e. The summed E-state index contributed by atoms with van der Waals surface area (Å²) in [6.45, 7) is 13.1. The molecule has 114 valence electrons. The number of nitrogens with zero attached hydrogens (tertiary/aromatic N) is 1. The Balaban J connectivity index is 2.83. The Labute approximate surface area is 134 Å². The summed E-state index contributed by atoms with van der Waals surface area (Å²) in [6, 6.07) is 17.1. The molecule has 0 radical (unpaired) electrons. The highest BCUT2D eigenvalue weighted by molar-refractivity contribution is 5.72. The molecule has 22 heavy (non-hydrogen) atoms. The molecule has 0 amide bonds. The minimum Gasteiger partial charge on any atom is -0.192 e. The van der Waals surface area contributed by atoms with Crippen LogP contribution in [0, 0.1) is 11.3 Å². The molecule has 0 atom stereocenters. The van der Waals surface area contributed by atoms with Gasteiger partial charge in [0, 0.05) is 0 Å². The normalized spacial score (nSPS) is 12.0. The number of hydrogen-bond acceptors (Lipinski definition) is 1. The summed E-state index contributed by atoms with van der Waals surface area (Å²) in [5.74, 6) is 0. The Morgan fingerprint density at radius 3 is 1.77 bits per heavy atom. The van der Waals surface area contributed by atoms with E-state index in [2.05, 4.69) is 84.0 Å². The minimum absolute atomic E-state index is 0.00676. The topological polar surface area (TPSA) is 23.8 Å². The molecule has 0 bridgehead atoms. The van der Waals surface area contributed by atoms with E-state index in [9.17, 15) is 5.26 Å². The first-order valence-corrected chi connectivity index (χ1v) is 7.79. The van der Waals surface area contributed by atoms with Crippen LogP contribution in [0.3, 0.4) is 0 Å². The molecule has 0 aliphatic rings. The molecule has 0 heterocycles. The van der Waals surface area contributed by atoms with Gasteiger partial charge in [-0.05, 0) is 45.2 Å². The lowest BCUT2D eigenvalue weighted by Gasteiger charge is -2.28. The first-order valence-electron chi connectivity index (χ1n) is 7.79. The van der Waals surface area contributed by atoms with Crippen LogP contribution in [-0.2, 0) is 10.8 Å². The van der Waals surface area contributed by atoms with E-state index < -0.39 is 0 Å². The molecule has 2 aromatic rings. The first-order chi connectivity index (χ1) is 10.1. The molecular weight excluding hydrogens is 266 g/mol. The molecule has 0 N–H and O–H groups in total. The molecule has 0 aromatic heterocycles. The highest BCUT2D eigenvalue weighted by Crippen LogP contribution is 2.38. The summed E-state index contributed by atoms with van der Waals surface area (Å²) >= 11 is 0. The van der Waals surface area contributed by atoms with Crippen LogP contribution in [0.25, 0.3) is 11.1 Å². The standard InChI is InChI=1S/C21H25N/c1-20(2,3)18-13-17(15-10-8-7-9-11-15)19(21(4,5)6)12-16(18)14-22/h7-13H,1-6H3. The van der Waals surface area contributed by atoms with Crippen LogP contribution in [-0.4, -0.2) is 0 Å². The van der Waals surface area contributed by atoms with Gasteiger partial charge in [-0.3, -0.25) is 0 Å². The van der Waals surface area contributed by atoms with Crippen LogP contribution in [0.2, 0.25) is 0 Å². The van der Waals surface area contributed by atoms with Crippen molar-refractivity contribution < 1.29 is 0 Å². The second kappa shape index (κ2) is 5.61. The summed E-state index contributed by atoms with van der Waals surface area (Å²) in [5, 5.41) is 9.58. The predicted octanol–water partition coefficient (Wildman–Crippen LogP) is 5.82. The zero-order valence-electron chi connectivity index (χ0n) is 14.5.